The van der Waals surface area contributed by atoms with Gasteiger partial charge in [-0.2, -0.15) is 0 Å². The van der Waals surface area contributed by atoms with Crippen LogP contribution in [0.5, 0.6) is 0 Å². The molecule has 0 atom stereocenters. The Labute approximate surface area is 214 Å². The van der Waals surface area contributed by atoms with Crippen molar-refractivity contribution in [1.29, 1.82) is 0 Å². The summed E-state index contributed by atoms with van der Waals surface area (Å²) >= 11 is 0. The molecule has 3 nitrogen and oxygen atoms in total. The fraction of sp³-hybridized carbons (Fsp3) is 0. The third-order valence-corrected chi connectivity index (χ3v) is 6.82. The lowest BCUT2D eigenvalue weighted by molar-refractivity contribution is 0.620. The van der Waals surface area contributed by atoms with E-state index in [1.165, 1.54) is 21.9 Å². The molecule has 174 valence electrons. The molecular formula is C34H22N2O. The molecule has 0 aliphatic rings. The van der Waals surface area contributed by atoms with Crippen molar-refractivity contribution in [2.24, 2.45) is 0 Å². The maximum Gasteiger partial charge on any atom is 0.227 e. The van der Waals surface area contributed by atoms with Crippen LogP contribution in [-0.2, 0) is 0 Å². The van der Waals surface area contributed by atoms with Gasteiger partial charge in [0.2, 0.25) is 5.89 Å². The zero-order valence-electron chi connectivity index (χ0n) is 20.0. The highest BCUT2D eigenvalue weighted by Gasteiger charge is 2.14. The van der Waals surface area contributed by atoms with Gasteiger partial charge in [0.15, 0.2) is 5.58 Å². The number of pyridine rings is 1. The highest BCUT2D eigenvalue weighted by molar-refractivity contribution is 5.97. The van der Waals surface area contributed by atoms with Crippen LogP contribution in [0.3, 0.4) is 0 Å². The third kappa shape index (κ3) is 3.87. The van der Waals surface area contributed by atoms with Gasteiger partial charge in [0.25, 0.3) is 0 Å². The monoisotopic (exact) mass is 474 g/mol. The third-order valence-electron chi connectivity index (χ3n) is 6.82. The average molecular weight is 475 g/mol. The molecule has 5 aromatic carbocycles. The maximum atomic E-state index is 6.22. The number of rotatable bonds is 4. The van der Waals surface area contributed by atoms with Crippen LogP contribution in [0.4, 0.5) is 0 Å². The van der Waals surface area contributed by atoms with Crippen molar-refractivity contribution in [3.8, 4) is 44.8 Å². The second-order valence-corrected chi connectivity index (χ2v) is 9.10. The number of hydrogen-bond acceptors (Lipinski definition) is 3. The standard InChI is InChI=1S/C34H22N2O/c1-2-12-29-23(7-1)8-4-13-30(29)24-16-18-25(19-17-24)31-14-5-15-32-33(31)36-34(37-32)27-10-3-9-26(21-27)28-11-6-20-35-22-28/h1-22H. The zero-order valence-corrected chi connectivity index (χ0v) is 20.0. The van der Waals surface area contributed by atoms with Gasteiger partial charge in [0.05, 0.1) is 0 Å². The Morgan fingerprint density at radius 3 is 2.08 bits per heavy atom. The Bertz CT molecular complexity index is 1860. The molecule has 0 bridgehead atoms. The molecular weight excluding hydrogens is 452 g/mol. The van der Waals surface area contributed by atoms with Crippen molar-refractivity contribution in [2.45, 2.75) is 0 Å². The zero-order chi connectivity index (χ0) is 24.6. The molecule has 0 radical (unpaired) electrons. The van der Waals surface area contributed by atoms with Crippen LogP contribution < -0.4 is 0 Å². The van der Waals surface area contributed by atoms with E-state index in [4.69, 9.17) is 9.40 Å². The van der Waals surface area contributed by atoms with Gasteiger partial charge in [-0.05, 0) is 57.3 Å². The Morgan fingerprint density at radius 1 is 0.514 bits per heavy atom. The second-order valence-electron chi connectivity index (χ2n) is 9.10. The second kappa shape index (κ2) is 8.89. The molecule has 7 aromatic rings. The predicted octanol–water partition coefficient (Wildman–Crippen LogP) is 9.04. The lowest BCUT2D eigenvalue weighted by Crippen LogP contribution is -1.84. The fourth-order valence-corrected chi connectivity index (χ4v) is 4.98. The molecule has 7 rings (SSSR count). The minimum atomic E-state index is 0.612. The van der Waals surface area contributed by atoms with E-state index in [0.29, 0.717) is 5.89 Å². The number of para-hydroxylation sites is 1. The Hall–Kier alpha value is -5.02. The number of benzene rings is 5. The molecule has 0 fully saturated rings. The van der Waals surface area contributed by atoms with Crippen LogP contribution in [-0.4, -0.2) is 9.97 Å². The SMILES string of the molecule is c1cncc(-c2cccc(-c3nc4c(-c5ccc(-c6cccc7ccccc67)cc5)cccc4o3)c2)c1. The van der Waals surface area contributed by atoms with E-state index in [0.717, 1.165) is 38.9 Å². The van der Waals surface area contributed by atoms with Crippen molar-refractivity contribution in [2.75, 3.05) is 0 Å². The highest BCUT2D eigenvalue weighted by Crippen LogP contribution is 2.35. The first-order valence-corrected chi connectivity index (χ1v) is 12.3. The van der Waals surface area contributed by atoms with Crippen molar-refractivity contribution >= 4 is 21.9 Å². The first kappa shape index (κ1) is 21.3. The van der Waals surface area contributed by atoms with Gasteiger partial charge in [-0.3, -0.25) is 4.98 Å². The van der Waals surface area contributed by atoms with Crippen LogP contribution in [0.25, 0.3) is 66.7 Å². The smallest absolute Gasteiger partial charge is 0.227 e. The molecule has 0 aliphatic heterocycles. The van der Waals surface area contributed by atoms with Crippen LogP contribution in [0, 0.1) is 0 Å². The summed E-state index contributed by atoms with van der Waals surface area (Å²) in [7, 11) is 0. The number of hydrogen-bond donors (Lipinski definition) is 0. The lowest BCUT2D eigenvalue weighted by Gasteiger charge is -2.08. The van der Waals surface area contributed by atoms with E-state index >= 15 is 0 Å². The number of aromatic nitrogens is 2. The summed E-state index contributed by atoms with van der Waals surface area (Å²) < 4.78 is 6.22. The molecule has 0 spiro atoms. The summed E-state index contributed by atoms with van der Waals surface area (Å²) in [5, 5.41) is 2.51. The number of oxazole rings is 1. The molecule has 0 amide bonds. The molecule has 0 N–H and O–H groups in total. The van der Waals surface area contributed by atoms with Gasteiger partial charge in [-0.25, -0.2) is 4.98 Å². The normalized spacial score (nSPS) is 11.2. The number of nitrogens with zero attached hydrogens (tertiary/aromatic N) is 2. The largest absolute Gasteiger partial charge is 0.436 e. The van der Waals surface area contributed by atoms with Gasteiger partial charge in [-0.1, -0.05) is 97.1 Å². The average Bonchev–Trinajstić information content (AvgIpc) is 3.42. The molecule has 0 unspecified atom stereocenters. The molecule has 0 saturated heterocycles. The van der Waals surface area contributed by atoms with Crippen molar-refractivity contribution < 1.29 is 4.42 Å². The van der Waals surface area contributed by atoms with Gasteiger partial charge in [-0.15, -0.1) is 0 Å². The van der Waals surface area contributed by atoms with Crippen molar-refractivity contribution in [3.05, 3.63) is 134 Å². The summed E-state index contributed by atoms with van der Waals surface area (Å²) in [6, 6.07) is 42.0. The highest BCUT2D eigenvalue weighted by atomic mass is 16.3. The van der Waals surface area contributed by atoms with E-state index in [2.05, 4.69) is 96.0 Å². The van der Waals surface area contributed by atoms with Crippen LogP contribution in [0.1, 0.15) is 0 Å². The summed E-state index contributed by atoms with van der Waals surface area (Å²) in [6.07, 6.45) is 3.65. The van der Waals surface area contributed by atoms with E-state index in [-0.39, 0.29) is 0 Å². The molecule has 0 aliphatic carbocycles. The Morgan fingerprint density at radius 2 is 1.22 bits per heavy atom. The van der Waals surface area contributed by atoms with E-state index in [9.17, 15) is 0 Å². The first-order valence-electron chi connectivity index (χ1n) is 12.3. The first-order chi connectivity index (χ1) is 18.3. The molecule has 0 saturated carbocycles. The van der Waals surface area contributed by atoms with Gasteiger partial charge >= 0.3 is 0 Å². The fourth-order valence-electron chi connectivity index (χ4n) is 4.98. The molecule has 3 heteroatoms. The van der Waals surface area contributed by atoms with Crippen LogP contribution >= 0.6 is 0 Å². The summed E-state index contributed by atoms with van der Waals surface area (Å²) in [5.41, 5.74) is 9.32. The minimum Gasteiger partial charge on any atom is -0.436 e. The van der Waals surface area contributed by atoms with E-state index in [1.807, 2.05) is 36.5 Å². The van der Waals surface area contributed by atoms with Crippen molar-refractivity contribution in [3.63, 3.8) is 0 Å². The molecule has 2 heterocycles. The lowest BCUT2D eigenvalue weighted by atomic mass is 9.96. The van der Waals surface area contributed by atoms with Crippen molar-refractivity contribution in [1.82, 2.24) is 9.97 Å². The van der Waals surface area contributed by atoms with Gasteiger partial charge in [0, 0.05) is 29.1 Å². The van der Waals surface area contributed by atoms with E-state index in [1.54, 1.807) is 6.20 Å². The van der Waals surface area contributed by atoms with E-state index < -0.39 is 0 Å². The summed E-state index contributed by atoms with van der Waals surface area (Å²) in [6.45, 7) is 0. The maximum absolute atomic E-state index is 6.22. The summed E-state index contributed by atoms with van der Waals surface area (Å²) in [5.74, 6) is 0.612. The topological polar surface area (TPSA) is 38.9 Å². The van der Waals surface area contributed by atoms with Crippen LogP contribution in [0.15, 0.2) is 138 Å². The Kier molecular flexibility index (Phi) is 5.11. The predicted molar refractivity (Wildman–Crippen MR) is 151 cm³/mol. The van der Waals surface area contributed by atoms with Crippen LogP contribution in [0.2, 0.25) is 0 Å². The van der Waals surface area contributed by atoms with Gasteiger partial charge < -0.3 is 4.42 Å². The number of fused-ring (bicyclic) bond motifs is 2. The minimum absolute atomic E-state index is 0.612. The molecule has 37 heavy (non-hydrogen) atoms. The molecule has 2 aromatic heterocycles. The quantitative estimate of drug-likeness (QED) is 0.255. The Balaban J connectivity index is 1.27. The summed E-state index contributed by atoms with van der Waals surface area (Å²) in [4.78, 5) is 9.18. The van der Waals surface area contributed by atoms with Gasteiger partial charge in [0.1, 0.15) is 5.52 Å².